The third-order valence-electron chi connectivity index (χ3n) is 5.94. The first-order valence-electron chi connectivity index (χ1n) is 10.6. The van der Waals surface area contributed by atoms with Crippen molar-refractivity contribution in [3.8, 4) is 0 Å². The van der Waals surface area contributed by atoms with Gasteiger partial charge in [0.15, 0.2) is 0 Å². The Morgan fingerprint density at radius 3 is 2.67 bits per heavy atom. The van der Waals surface area contributed by atoms with Crippen LogP contribution in [-0.2, 0) is 16.4 Å². The number of rotatable bonds is 6. The van der Waals surface area contributed by atoms with Crippen LogP contribution < -0.4 is 9.62 Å². The van der Waals surface area contributed by atoms with Crippen LogP contribution in [0.1, 0.15) is 54.9 Å². The molecule has 0 spiro atoms. The van der Waals surface area contributed by atoms with Crippen molar-refractivity contribution in [2.45, 2.75) is 56.4 Å². The van der Waals surface area contributed by atoms with Crippen molar-refractivity contribution in [2.75, 3.05) is 11.4 Å². The van der Waals surface area contributed by atoms with Gasteiger partial charge in [0.1, 0.15) is 0 Å². The molecule has 0 saturated carbocycles. The fraction of sp³-hybridized carbons (Fsp3) is 0.375. The van der Waals surface area contributed by atoms with Crippen molar-refractivity contribution in [1.29, 1.82) is 0 Å². The summed E-state index contributed by atoms with van der Waals surface area (Å²) in [4.78, 5) is 15.0. The lowest BCUT2D eigenvalue weighted by Crippen LogP contribution is -2.35. The Balaban J connectivity index is 1.49. The van der Waals surface area contributed by atoms with Crippen LogP contribution >= 0.6 is 0 Å². The first kappa shape index (κ1) is 20.8. The summed E-state index contributed by atoms with van der Waals surface area (Å²) in [6.45, 7) is 2.41. The quantitative estimate of drug-likeness (QED) is 0.697. The van der Waals surface area contributed by atoms with Crippen LogP contribution in [-0.4, -0.2) is 26.9 Å². The zero-order chi connectivity index (χ0) is 21.1. The molecule has 0 saturated heterocycles. The average molecular weight is 425 g/mol. The number of nitrogens with zero attached hydrogens (tertiary/aromatic N) is 1. The summed E-state index contributed by atoms with van der Waals surface area (Å²) in [5.74, 6) is -0.0589. The Morgan fingerprint density at radius 1 is 1.13 bits per heavy atom. The molecule has 0 fully saturated rings. The maximum Gasteiger partial charge on any atom is 0.258 e. The lowest BCUT2D eigenvalue weighted by molar-refractivity contribution is 0.0981. The number of carbonyl (C=O) groups is 1. The molecular weight excluding hydrogens is 396 g/mol. The zero-order valence-corrected chi connectivity index (χ0v) is 18.1. The molecular formula is C24H28N2O3S. The number of carbonyl (C=O) groups excluding carboxylic acids is 1. The maximum absolute atomic E-state index is 13.0. The van der Waals surface area contributed by atoms with Gasteiger partial charge in [0.25, 0.3) is 5.91 Å². The van der Waals surface area contributed by atoms with Crippen LogP contribution in [0.2, 0.25) is 0 Å². The van der Waals surface area contributed by atoms with E-state index < -0.39 is 10.0 Å². The summed E-state index contributed by atoms with van der Waals surface area (Å²) in [5.41, 5.74) is 3.67. The molecule has 158 valence electrons. The second-order valence-corrected chi connectivity index (χ2v) is 9.91. The minimum Gasteiger partial charge on any atom is -0.305 e. The van der Waals surface area contributed by atoms with Crippen LogP contribution in [0, 0.1) is 0 Å². The van der Waals surface area contributed by atoms with Crippen molar-refractivity contribution >= 4 is 21.6 Å². The zero-order valence-electron chi connectivity index (χ0n) is 17.3. The van der Waals surface area contributed by atoms with E-state index in [1.165, 1.54) is 18.4 Å². The number of anilines is 1. The second-order valence-electron chi connectivity index (χ2n) is 8.14. The number of hydrogen-bond acceptors (Lipinski definition) is 3. The Hall–Kier alpha value is -2.44. The SMILES string of the molecule is C[C@H]1Cc2cc(S(=O)(=O)NCCC3=CCCCC3)ccc2N1C(=O)c1ccccc1. The Morgan fingerprint density at radius 2 is 1.93 bits per heavy atom. The molecule has 1 aliphatic carbocycles. The first-order chi connectivity index (χ1) is 14.5. The van der Waals surface area contributed by atoms with Crippen LogP contribution in [0.15, 0.2) is 65.1 Å². The van der Waals surface area contributed by atoms with Crippen molar-refractivity contribution < 1.29 is 13.2 Å². The van der Waals surface area contributed by atoms with E-state index in [1.54, 1.807) is 35.2 Å². The summed E-state index contributed by atoms with van der Waals surface area (Å²) in [6, 6.07) is 14.2. The van der Waals surface area contributed by atoms with E-state index in [4.69, 9.17) is 0 Å². The summed E-state index contributed by atoms with van der Waals surface area (Å²) in [5, 5.41) is 0. The fourth-order valence-electron chi connectivity index (χ4n) is 4.36. The van der Waals surface area contributed by atoms with Gasteiger partial charge in [-0.2, -0.15) is 0 Å². The number of hydrogen-bond donors (Lipinski definition) is 1. The summed E-state index contributed by atoms with van der Waals surface area (Å²) >= 11 is 0. The van der Waals surface area contributed by atoms with Gasteiger partial charge in [-0.15, -0.1) is 0 Å². The monoisotopic (exact) mass is 424 g/mol. The van der Waals surface area contributed by atoms with E-state index in [0.717, 1.165) is 30.5 Å². The highest BCUT2D eigenvalue weighted by Gasteiger charge is 2.32. The predicted molar refractivity (Wildman–Crippen MR) is 119 cm³/mol. The molecule has 30 heavy (non-hydrogen) atoms. The standard InChI is InChI=1S/C24H28N2O3S/c1-18-16-21-17-22(30(28,29)25-15-14-19-8-4-2-5-9-19)12-13-23(21)26(18)24(27)20-10-6-3-7-11-20/h3,6-8,10-13,17-18,25H,2,4-5,9,14-16H2,1H3/t18-/m0/s1. The third-order valence-corrected chi connectivity index (χ3v) is 7.40. The van der Waals surface area contributed by atoms with E-state index in [2.05, 4.69) is 10.8 Å². The van der Waals surface area contributed by atoms with Gasteiger partial charge < -0.3 is 4.90 Å². The van der Waals surface area contributed by atoms with Crippen molar-refractivity contribution in [3.63, 3.8) is 0 Å². The Labute approximate surface area is 178 Å². The van der Waals surface area contributed by atoms with E-state index in [0.29, 0.717) is 18.5 Å². The topological polar surface area (TPSA) is 66.5 Å². The maximum atomic E-state index is 13.0. The molecule has 1 heterocycles. The minimum atomic E-state index is -3.57. The third kappa shape index (κ3) is 4.35. The highest BCUT2D eigenvalue weighted by Crippen LogP contribution is 2.35. The van der Waals surface area contributed by atoms with Crippen LogP contribution in [0.5, 0.6) is 0 Å². The molecule has 4 rings (SSSR count). The largest absolute Gasteiger partial charge is 0.305 e. The molecule has 5 nitrogen and oxygen atoms in total. The number of fused-ring (bicyclic) bond motifs is 1. The van der Waals surface area contributed by atoms with Crippen molar-refractivity contribution in [1.82, 2.24) is 4.72 Å². The molecule has 1 N–H and O–H groups in total. The second kappa shape index (κ2) is 8.74. The molecule has 0 bridgehead atoms. The summed E-state index contributed by atoms with van der Waals surface area (Å²) in [7, 11) is -3.57. The smallest absolute Gasteiger partial charge is 0.258 e. The van der Waals surface area contributed by atoms with E-state index in [-0.39, 0.29) is 16.8 Å². The lowest BCUT2D eigenvalue weighted by atomic mass is 9.97. The molecule has 0 radical (unpaired) electrons. The number of allylic oxidation sites excluding steroid dienone is 1. The van der Waals surface area contributed by atoms with E-state index in [9.17, 15) is 13.2 Å². The molecule has 0 aromatic heterocycles. The summed E-state index contributed by atoms with van der Waals surface area (Å²) in [6.07, 6.45) is 8.25. The molecule has 1 amide bonds. The molecule has 1 aliphatic heterocycles. The highest BCUT2D eigenvalue weighted by atomic mass is 32.2. The fourth-order valence-corrected chi connectivity index (χ4v) is 5.45. The molecule has 0 unspecified atom stereocenters. The lowest BCUT2D eigenvalue weighted by Gasteiger charge is -2.23. The molecule has 6 heteroatoms. The summed E-state index contributed by atoms with van der Waals surface area (Å²) < 4.78 is 28.3. The van der Waals surface area contributed by atoms with Crippen LogP contribution in [0.25, 0.3) is 0 Å². The van der Waals surface area contributed by atoms with Gasteiger partial charge in [0, 0.05) is 23.8 Å². The minimum absolute atomic E-state index is 0.0168. The van der Waals surface area contributed by atoms with E-state index in [1.807, 2.05) is 25.1 Å². The van der Waals surface area contributed by atoms with Gasteiger partial charge in [-0.3, -0.25) is 4.79 Å². The van der Waals surface area contributed by atoms with Gasteiger partial charge in [-0.25, -0.2) is 13.1 Å². The molecule has 2 aliphatic rings. The van der Waals surface area contributed by atoms with Crippen molar-refractivity contribution in [2.24, 2.45) is 0 Å². The van der Waals surface area contributed by atoms with Crippen LogP contribution in [0.3, 0.4) is 0 Å². The average Bonchev–Trinajstić information content (AvgIpc) is 3.09. The predicted octanol–water partition coefficient (Wildman–Crippen LogP) is 4.45. The number of amides is 1. The van der Waals surface area contributed by atoms with Gasteiger partial charge in [0.05, 0.1) is 4.90 Å². The molecule has 1 atom stereocenters. The first-order valence-corrected chi connectivity index (χ1v) is 12.1. The number of nitrogens with one attached hydrogen (secondary N) is 1. The Kier molecular flexibility index (Phi) is 6.06. The highest BCUT2D eigenvalue weighted by molar-refractivity contribution is 7.89. The van der Waals surface area contributed by atoms with Crippen molar-refractivity contribution in [3.05, 3.63) is 71.3 Å². The van der Waals surface area contributed by atoms with E-state index >= 15 is 0 Å². The molecule has 2 aromatic rings. The van der Waals surface area contributed by atoms with Gasteiger partial charge >= 0.3 is 0 Å². The van der Waals surface area contributed by atoms with Gasteiger partial charge in [0.2, 0.25) is 10.0 Å². The number of benzene rings is 2. The van der Waals surface area contributed by atoms with Gasteiger partial charge in [-0.1, -0.05) is 29.8 Å². The molecule has 2 aromatic carbocycles. The number of sulfonamides is 1. The van der Waals surface area contributed by atoms with Crippen LogP contribution in [0.4, 0.5) is 5.69 Å². The van der Waals surface area contributed by atoms with Gasteiger partial charge in [-0.05, 0) is 81.3 Å². The Bertz CT molecular complexity index is 1060. The normalized spacial score (nSPS) is 18.8.